The lowest BCUT2D eigenvalue weighted by Crippen LogP contribution is -2.27. The summed E-state index contributed by atoms with van der Waals surface area (Å²) >= 11 is 1.70. The number of rotatable bonds is 3. The van der Waals surface area contributed by atoms with Crippen molar-refractivity contribution in [2.24, 2.45) is 16.4 Å². The minimum absolute atomic E-state index is 0.128. The first-order chi connectivity index (χ1) is 10.9. The van der Waals surface area contributed by atoms with Gasteiger partial charge in [-0.3, -0.25) is 4.79 Å². The van der Waals surface area contributed by atoms with Gasteiger partial charge in [-0.1, -0.05) is 20.8 Å². The van der Waals surface area contributed by atoms with E-state index in [1.54, 1.807) is 36.1 Å². The number of carbonyl (C=O) groups excluding carboxylic acids is 1. The van der Waals surface area contributed by atoms with Crippen molar-refractivity contribution in [3.8, 4) is 0 Å². The van der Waals surface area contributed by atoms with Gasteiger partial charge in [-0.25, -0.2) is 5.43 Å². The molecule has 23 heavy (non-hydrogen) atoms. The van der Waals surface area contributed by atoms with E-state index >= 15 is 0 Å². The fourth-order valence-corrected chi connectivity index (χ4v) is 4.18. The first-order valence-corrected chi connectivity index (χ1v) is 8.78. The summed E-state index contributed by atoms with van der Waals surface area (Å²) in [7, 11) is 0. The van der Waals surface area contributed by atoms with Crippen molar-refractivity contribution in [1.29, 1.82) is 0 Å². The molecule has 0 saturated heterocycles. The third-order valence-corrected chi connectivity index (χ3v) is 5.60. The molecule has 2 heterocycles. The maximum Gasteiger partial charge on any atom is 0.272 e. The summed E-state index contributed by atoms with van der Waals surface area (Å²) in [5.74, 6) is 0.556. The maximum absolute atomic E-state index is 12.3. The average Bonchev–Trinajstić information content (AvgIpc) is 3.14. The number of fused-ring (bicyclic) bond motifs is 1. The monoisotopic (exact) mass is 330 g/mol. The highest BCUT2D eigenvalue weighted by molar-refractivity contribution is 7.10. The molecule has 0 aromatic carbocycles. The van der Waals surface area contributed by atoms with Crippen LogP contribution in [-0.2, 0) is 12.8 Å². The molecule has 1 N–H and O–H groups in total. The largest absolute Gasteiger partial charge is 0.472 e. The second-order valence-corrected chi connectivity index (χ2v) is 8.08. The van der Waals surface area contributed by atoms with E-state index in [9.17, 15) is 4.79 Å². The summed E-state index contributed by atoms with van der Waals surface area (Å²) in [6.07, 6.45) is 7.94. The minimum Gasteiger partial charge on any atom is -0.472 e. The van der Waals surface area contributed by atoms with Crippen LogP contribution in [0.1, 0.15) is 53.6 Å². The summed E-state index contributed by atoms with van der Waals surface area (Å²) in [6.45, 7) is 6.90. The van der Waals surface area contributed by atoms with Gasteiger partial charge in [-0.05, 0) is 42.2 Å². The predicted octanol–water partition coefficient (Wildman–Crippen LogP) is 4.26. The molecule has 2 aromatic rings. The van der Waals surface area contributed by atoms with Gasteiger partial charge in [0.25, 0.3) is 5.91 Å². The van der Waals surface area contributed by atoms with Crippen molar-refractivity contribution in [3.63, 3.8) is 0 Å². The van der Waals surface area contributed by atoms with Gasteiger partial charge in [0.2, 0.25) is 0 Å². The maximum atomic E-state index is 12.3. The van der Waals surface area contributed by atoms with Gasteiger partial charge >= 0.3 is 0 Å². The second-order valence-electron chi connectivity index (χ2n) is 7.11. The van der Waals surface area contributed by atoms with Gasteiger partial charge in [0.15, 0.2) is 0 Å². The van der Waals surface area contributed by atoms with Gasteiger partial charge < -0.3 is 4.42 Å². The van der Waals surface area contributed by atoms with Crippen LogP contribution < -0.4 is 5.43 Å². The van der Waals surface area contributed by atoms with Crippen molar-refractivity contribution in [2.75, 3.05) is 0 Å². The summed E-state index contributed by atoms with van der Waals surface area (Å²) in [4.78, 5) is 13.7. The van der Waals surface area contributed by atoms with Crippen LogP contribution in [-0.4, -0.2) is 12.1 Å². The highest BCUT2D eigenvalue weighted by Gasteiger charge is 2.31. The number of thiophene rings is 1. The van der Waals surface area contributed by atoms with Gasteiger partial charge in [-0.15, -0.1) is 11.3 Å². The number of nitrogens with one attached hydrogen (secondary N) is 1. The molecule has 2 aromatic heterocycles. The van der Waals surface area contributed by atoms with Gasteiger partial charge in [0.1, 0.15) is 0 Å². The smallest absolute Gasteiger partial charge is 0.272 e. The molecule has 4 nitrogen and oxygen atoms in total. The molecule has 0 aliphatic heterocycles. The molecule has 0 spiro atoms. The fraction of sp³-hybridized carbons (Fsp3) is 0.444. The molecule has 0 bridgehead atoms. The van der Waals surface area contributed by atoms with Crippen LogP contribution in [0.5, 0.6) is 0 Å². The Labute approximate surface area is 140 Å². The summed E-state index contributed by atoms with van der Waals surface area (Å²) < 4.78 is 4.95. The Kier molecular flexibility index (Phi) is 4.39. The summed E-state index contributed by atoms with van der Waals surface area (Å²) in [5, 5.41) is 5.96. The van der Waals surface area contributed by atoms with Crippen LogP contribution in [0.2, 0.25) is 0 Å². The predicted molar refractivity (Wildman–Crippen MR) is 93.1 cm³/mol. The van der Waals surface area contributed by atoms with E-state index in [-0.39, 0.29) is 5.91 Å². The topological polar surface area (TPSA) is 54.6 Å². The Morgan fingerprint density at radius 3 is 3.00 bits per heavy atom. The van der Waals surface area contributed by atoms with Crippen LogP contribution in [0.4, 0.5) is 0 Å². The van der Waals surface area contributed by atoms with Crippen molar-refractivity contribution in [3.05, 3.63) is 45.5 Å². The SMILES string of the molecule is CC(C)(C)C1CCc2c(C(=O)NN=Cc3ccoc3)csc2C1. The quantitative estimate of drug-likeness (QED) is 0.675. The summed E-state index contributed by atoms with van der Waals surface area (Å²) in [6, 6.07) is 1.79. The van der Waals surface area contributed by atoms with Crippen LogP contribution in [0, 0.1) is 11.3 Å². The molecular formula is C18H22N2O2S. The number of nitrogens with zero attached hydrogens (tertiary/aromatic N) is 1. The van der Waals surface area contributed by atoms with E-state index in [0.717, 1.165) is 30.4 Å². The van der Waals surface area contributed by atoms with Crippen LogP contribution in [0.15, 0.2) is 33.5 Å². The Bertz CT molecular complexity index is 708. The van der Waals surface area contributed by atoms with Crippen LogP contribution in [0.25, 0.3) is 0 Å². The molecule has 0 fully saturated rings. The molecular weight excluding hydrogens is 308 g/mol. The molecule has 0 radical (unpaired) electrons. The normalized spacial score (nSPS) is 18.1. The second kappa shape index (κ2) is 6.32. The van der Waals surface area contributed by atoms with Gasteiger partial charge in [0, 0.05) is 15.8 Å². The van der Waals surface area contributed by atoms with E-state index in [1.165, 1.54) is 10.4 Å². The molecule has 1 unspecified atom stereocenters. The van der Waals surface area contributed by atoms with E-state index in [0.29, 0.717) is 11.3 Å². The lowest BCUT2D eigenvalue weighted by molar-refractivity contribution is 0.0954. The fourth-order valence-electron chi connectivity index (χ4n) is 3.02. The van der Waals surface area contributed by atoms with Crippen molar-refractivity contribution < 1.29 is 9.21 Å². The van der Waals surface area contributed by atoms with Crippen molar-refractivity contribution in [2.45, 2.75) is 40.0 Å². The van der Waals surface area contributed by atoms with Crippen LogP contribution in [0.3, 0.4) is 0 Å². The zero-order chi connectivity index (χ0) is 16.4. The molecule has 1 amide bonds. The Morgan fingerprint density at radius 2 is 2.30 bits per heavy atom. The zero-order valence-corrected chi connectivity index (χ0v) is 14.6. The Balaban J connectivity index is 1.68. The number of hydrazone groups is 1. The number of carbonyl (C=O) groups is 1. The Morgan fingerprint density at radius 1 is 1.48 bits per heavy atom. The summed E-state index contributed by atoms with van der Waals surface area (Å²) in [5.41, 5.74) is 5.75. The molecule has 122 valence electrons. The number of amides is 1. The zero-order valence-electron chi connectivity index (χ0n) is 13.8. The Hall–Kier alpha value is -1.88. The third kappa shape index (κ3) is 3.55. The number of hydrogen-bond acceptors (Lipinski definition) is 4. The van der Waals surface area contributed by atoms with E-state index < -0.39 is 0 Å². The average molecular weight is 330 g/mol. The molecule has 1 aliphatic carbocycles. The van der Waals surface area contributed by atoms with Crippen molar-refractivity contribution >= 4 is 23.5 Å². The number of hydrogen-bond donors (Lipinski definition) is 1. The minimum atomic E-state index is -0.128. The van der Waals surface area contributed by atoms with Gasteiger partial charge in [-0.2, -0.15) is 5.10 Å². The van der Waals surface area contributed by atoms with Crippen LogP contribution >= 0.6 is 11.3 Å². The molecule has 1 aliphatic rings. The van der Waals surface area contributed by atoms with E-state index in [4.69, 9.17) is 4.42 Å². The van der Waals surface area contributed by atoms with E-state index in [1.807, 2.05) is 5.38 Å². The van der Waals surface area contributed by atoms with Gasteiger partial charge in [0.05, 0.1) is 24.3 Å². The van der Waals surface area contributed by atoms with E-state index in [2.05, 4.69) is 31.3 Å². The third-order valence-electron chi connectivity index (χ3n) is 4.55. The molecule has 3 rings (SSSR count). The number of furan rings is 1. The lowest BCUT2D eigenvalue weighted by atomic mass is 9.72. The lowest BCUT2D eigenvalue weighted by Gasteiger charge is -2.33. The molecule has 0 saturated carbocycles. The highest BCUT2D eigenvalue weighted by atomic mass is 32.1. The first kappa shape index (κ1) is 16.0. The molecule has 1 atom stereocenters. The first-order valence-electron chi connectivity index (χ1n) is 7.90. The highest BCUT2D eigenvalue weighted by Crippen LogP contribution is 2.40. The standard InChI is InChI=1S/C18H22N2O2S/c1-18(2,3)13-4-5-14-15(11-23-16(14)8-13)17(21)20-19-9-12-6-7-22-10-12/h6-7,9-11,13H,4-5,8H2,1-3H3,(H,20,21). The van der Waals surface area contributed by atoms with Crippen molar-refractivity contribution in [1.82, 2.24) is 5.43 Å². The molecule has 5 heteroatoms.